The van der Waals surface area contributed by atoms with Crippen LogP contribution in [0.5, 0.6) is 11.5 Å². The van der Waals surface area contributed by atoms with Gasteiger partial charge in [0.15, 0.2) is 11.5 Å². The summed E-state index contributed by atoms with van der Waals surface area (Å²) < 4.78 is 23.9. The zero-order chi connectivity index (χ0) is 16.9. The van der Waals surface area contributed by atoms with Gasteiger partial charge in [0.2, 0.25) is 5.91 Å². The first-order valence-electron chi connectivity index (χ1n) is 7.75. The predicted octanol–water partition coefficient (Wildman–Crippen LogP) is 3.49. The van der Waals surface area contributed by atoms with Gasteiger partial charge >= 0.3 is 0 Å². The molecule has 1 aliphatic rings. The third-order valence-electron chi connectivity index (χ3n) is 3.72. The summed E-state index contributed by atoms with van der Waals surface area (Å²) in [6.45, 7) is 2.92. The van der Waals surface area contributed by atoms with E-state index in [4.69, 9.17) is 9.47 Å². The maximum Gasteiger partial charge on any atom is 0.244 e. The molecule has 124 valence electrons. The molecule has 0 bridgehead atoms. The molecule has 0 unspecified atom stereocenters. The second-order valence-electron chi connectivity index (χ2n) is 5.52. The standard InChI is InChI=1S/C19H18FNO3/c1-13(15-4-6-16(20)7-5-15)21-19(22)9-3-14-2-8-17-18(12-14)24-11-10-23-17/h2-9,12-13H,10-11H2,1H3,(H,21,22)/b9-3+/t13-/m1/s1. The van der Waals surface area contributed by atoms with E-state index in [1.807, 2.05) is 25.1 Å². The van der Waals surface area contributed by atoms with E-state index in [-0.39, 0.29) is 17.8 Å². The van der Waals surface area contributed by atoms with Crippen LogP contribution in [0.1, 0.15) is 24.1 Å². The molecule has 0 saturated heterocycles. The summed E-state index contributed by atoms with van der Waals surface area (Å²) in [4.78, 5) is 12.0. The van der Waals surface area contributed by atoms with Crippen LogP contribution in [0.25, 0.3) is 6.08 Å². The van der Waals surface area contributed by atoms with E-state index in [1.165, 1.54) is 18.2 Å². The second-order valence-corrected chi connectivity index (χ2v) is 5.52. The molecule has 4 nitrogen and oxygen atoms in total. The Morgan fingerprint density at radius 1 is 1.12 bits per heavy atom. The Morgan fingerprint density at radius 2 is 1.83 bits per heavy atom. The first-order chi connectivity index (χ1) is 11.6. The molecular formula is C19H18FNO3. The van der Waals surface area contributed by atoms with E-state index in [9.17, 15) is 9.18 Å². The number of carbonyl (C=O) groups is 1. The zero-order valence-corrected chi connectivity index (χ0v) is 13.3. The van der Waals surface area contributed by atoms with E-state index in [2.05, 4.69) is 5.32 Å². The molecular weight excluding hydrogens is 309 g/mol. The van der Waals surface area contributed by atoms with Crippen LogP contribution in [-0.2, 0) is 4.79 Å². The van der Waals surface area contributed by atoms with E-state index < -0.39 is 0 Å². The molecule has 0 aromatic heterocycles. The minimum absolute atomic E-state index is 0.206. The summed E-state index contributed by atoms with van der Waals surface area (Å²) in [5, 5.41) is 2.84. The smallest absolute Gasteiger partial charge is 0.244 e. The molecule has 1 aliphatic heterocycles. The maximum atomic E-state index is 12.9. The van der Waals surface area contributed by atoms with Crippen molar-refractivity contribution in [3.8, 4) is 11.5 Å². The van der Waals surface area contributed by atoms with Gasteiger partial charge in [-0.15, -0.1) is 0 Å². The quantitative estimate of drug-likeness (QED) is 0.875. The van der Waals surface area contributed by atoms with Crippen LogP contribution in [0.4, 0.5) is 4.39 Å². The number of hydrogen-bond acceptors (Lipinski definition) is 3. The van der Waals surface area contributed by atoms with Crippen LogP contribution in [0.3, 0.4) is 0 Å². The Kier molecular flexibility index (Phi) is 4.79. The SMILES string of the molecule is C[C@@H](NC(=O)/C=C/c1ccc2c(c1)OCCO2)c1ccc(F)cc1. The van der Waals surface area contributed by atoms with E-state index in [0.29, 0.717) is 24.7 Å². The molecule has 0 spiro atoms. The number of hydrogen-bond donors (Lipinski definition) is 1. The highest BCUT2D eigenvalue weighted by atomic mass is 19.1. The first kappa shape index (κ1) is 16.1. The van der Waals surface area contributed by atoms with Crippen molar-refractivity contribution in [2.75, 3.05) is 13.2 Å². The van der Waals surface area contributed by atoms with Crippen molar-refractivity contribution in [3.05, 3.63) is 65.5 Å². The molecule has 1 N–H and O–H groups in total. The fourth-order valence-electron chi connectivity index (χ4n) is 2.43. The lowest BCUT2D eigenvalue weighted by Crippen LogP contribution is -2.24. The Morgan fingerprint density at radius 3 is 2.58 bits per heavy atom. The largest absolute Gasteiger partial charge is 0.486 e. The van der Waals surface area contributed by atoms with Crippen molar-refractivity contribution in [3.63, 3.8) is 0 Å². The van der Waals surface area contributed by atoms with Gasteiger partial charge in [0.25, 0.3) is 0 Å². The predicted molar refractivity (Wildman–Crippen MR) is 89.4 cm³/mol. The number of amides is 1. The summed E-state index contributed by atoms with van der Waals surface area (Å²) in [7, 11) is 0. The number of ether oxygens (including phenoxy) is 2. The molecule has 0 aliphatic carbocycles. The van der Waals surface area contributed by atoms with Crippen LogP contribution >= 0.6 is 0 Å². The fourth-order valence-corrected chi connectivity index (χ4v) is 2.43. The van der Waals surface area contributed by atoms with Crippen molar-refractivity contribution in [2.45, 2.75) is 13.0 Å². The average molecular weight is 327 g/mol. The monoisotopic (exact) mass is 327 g/mol. The number of nitrogens with one attached hydrogen (secondary N) is 1. The van der Waals surface area contributed by atoms with Crippen molar-refractivity contribution in [1.82, 2.24) is 5.32 Å². The number of fused-ring (bicyclic) bond motifs is 1. The molecule has 1 atom stereocenters. The molecule has 3 rings (SSSR count). The summed E-state index contributed by atoms with van der Waals surface area (Å²) >= 11 is 0. The summed E-state index contributed by atoms with van der Waals surface area (Å²) in [5.74, 6) is 0.883. The highest BCUT2D eigenvalue weighted by Gasteiger charge is 2.11. The zero-order valence-electron chi connectivity index (χ0n) is 13.3. The molecule has 0 fully saturated rings. The summed E-state index contributed by atoms with van der Waals surface area (Å²) in [5.41, 5.74) is 1.70. The van der Waals surface area contributed by atoms with E-state index in [0.717, 1.165) is 11.1 Å². The number of carbonyl (C=O) groups excluding carboxylic acids is 1. The Labute approximate surface area is 139 Å². The Bertz CT molecular complexity index is 756. The van der Waals surface area contributed by atoms with Gasteiger partial charge in [-0.05, 0) is 48.4 Å². The number of rotatable bonds is 4. The van der Waals surface area contributed by atoms with Crippen molar-refractivity contribution in [2.24, 2.45) is 0 Å². The van der Waals surface area contributed by atoms with Gasteiger partial charge in [0, 0.05) is 6.08 Å². The van der Waals surface area contributed by atoms with Crippen LogP contribution < -0.4 is 14.8 Å². The third kappa shape index (κ3) is 3.93. The molecule has 1 heterocycles. The average Bonchev–Trinajstić information content (AvgIpc) is 2.60. The fraction of sp³-hybridized carbons (Fsp3) is 0.211. The number of halogens is 1. The van der Waals surface area contributed by atoms with Crippen LogP contribution in [0, 0.1) is 5.82 Å². The van der Waals surface area contributed by atoms with Crippen molar-refractivity contribution >= 4 is 12.0 Å². The van der Waals surface area contributed by atoms with Gasteiger partial charge in [0.1, 0.15) is 19.0 Å². The summed E-state index contributed by atoms with van der Waals surface area (Å²) in [6, 6.07) is 11.4. The molecule has 1 amide bonds. The molecule has 5 heteroatoms. The lowest BCUT2D eigenvalue weighted by atomic mass is 10.1. The minimum Gasteiger partial charge on any atom is -0.486 e. The Hall–Kier alpha value is -2.82. The molecule has 0 radical (unpaired) electrons. The molecule has 2 aromatic rings. The van der Waals surface area contributed by atoms with Crippen LogP contribution in [0.15, 0.2) is 48.5 Å². The van der Waals surface area contributed by atoms with E-state index in [1.54, 1.807) is 18.2 Å². The van der Waals surface area contributed by atoms with Crippen molar-refractivity contribution < 1.29 is 18.7 Å². The second kappa shape index (κ2) is 7.17. The van der Waals surface area contributed by atoms with Gasteiger partial charge < -0.3 is 14.8 Å². The highest BCUT2D eigenvalue weighted by Crippen LogP contribution is 2.31. The molecule has 0 saturated carbocycles. The highest BCUT2D eigenvalue weighted by molar-refractivity contribution is 5.92. The van der Waals surface area contributed by atoms with Crippen LogP contribution in [0.2, 0.25) is 0 Å². The maximum absolute atomic E-state index is 12.9. The molecule has 2 aromatic carbocycles. The van der Waals surface area contributed by atoms with Gasteiger partial charge in [-0.2, -0.15) is 0 Å². The van der Waals surface area contributed by atoms with Gasteiger partial charge in [-0.1, -0.05) is 18.2 Å². The topological polar surface area (TPSA) is 47.6 Å². The normalized spacial score (nSPS) is 14.4. The Balaban J connectivity index is 1.61. The number of benzene rings is 2. The minimum atomic E-state index is -0.296. The summed E-state index contributed by atoms with van der Waals surface area (Å²) in [6.07, 6.45) is 3.18. The van der Waals surface area contributed by atoms with Gasteiger partial charge in [0.05, 0.1) is 6.04 Å². The van der Waals surface area contributed by atoms with Crippen LogP contribution in [-0.4, -0.2) is 19.1 Å². The first-order valence-corrected chi connectivity index (χ1v) is 7.75. The third-order valence-corrected chi connectivity index (χ3v) is 3.72. The van der Waals surface area contributed by atoms with E-state index >= 15 is 0 Å². The molecule has 24 heavy (non-hydrogen) atoms. The van der Waals surface area contributed by atoms with Gasteiger partial charge in [-0.3, -0.25) is 4.79 Å². The lowest BCUT2D eigenvalue weighted by molar-refractivity contribution is -0.117. The van der Waals surface area contributed by atoms with Gasteiger partial charge in [-0.25, -0.2) is 4.39 Å². The van der Waals surface area contributed by atoms with Crippen molar-refractivity contribution in [1.29, 1.82) is 0 Å². The lowest BCUT2D eigenvalue weighted by Gasteiger charge is -2.18.